The van der Waals surface area contributed by atoms with Gasteiger partial charge in [-0.2, -0.15) is 18.2 Å². The van der Waals surface area contributed by atoms with Gasteiger partial charge in [0, 0.05) is 38.8 Å². The molecule has 1 saturated heterocycles. The number of hydrogen-bond donors (Lipinski definition) is 1. The lowest BCUT2D eigenvalue weighted by molar-refractivity contribution is -0.383. The van der Waals surface area contributed by atoms with Gasteiger partial charge in [-0.25, -0.2) is 5.01 Å². The average Bonchev–Trinajstić information content (AvgIpc) is 2.83. The fourth-order valence-corrected chi connectivity index (χ4v) is 5.44. The average molecular weight is 515 g/mol. The van der Waals surface area contributed by atoms with Crippen LogP contribution >= 0.6 is 11.3 Å². The number of anilines is 1. The van der Waals surface area contributed by atoms with Crippen molar-refractivity contribution in [3.8, 4) is 0 Å². The molecule has 2 heterocycles. The quantitative estimate of drug-likeness (QED) is 0.461. The van der Waals surface area contributed by atoms with E-state index in [0.717, 1.165) is 49.3 Å². The molecule has 1 aliphatic heterocycles. The first-order valence-corrected chi connectivity index (χ1v) is 12.0. The van der Waals surface area contributed by atoms with Crippen LogP contribution < -0.4 is 15.9 Å². The summed E-state index contributed by atoms with van der Waals surface area (Å²) in [6, 6.07) is 1.11. The number of aromatic nitrogens is 1. The molecule has 190 valence electrons. The number of oxime groups is 1. The number of nitrogens with one attached hydrogen (secondary N) is 1. The third-order valence-corrected chi connectivity index (χ3v) is 7.44. The molecule has 35 heavy (non-hydrogen) atoms. The minimum absolute atomic E-state index is 0.104. The van der Waals surface area contributed by atoms with Gasteiger partial charge in [-0.05, 0) is 37.7 Å². The summed E-state index contributed by atoms with van der Waals surface area (Å²) in [7, 11) is 1.55. The van der Waals surface area contributed by atoms with Gasteiger partial charge in [-0.15, -0.1) is 0 Å². The number of nitrogens with zero attached hydrogens (tertiary/aromatic N) is 5. The van der Waals surface area contributed by atoms with Crippen molar-refractivity contribution < 1.29 is 22.9 Å². The second-order valence-electron chi connectivity index (χ2n) is 8.55. The predicted octanol–water partition coefficient (Wildman–Crippen LogP) is 3.40. The van der Waals surface area contributed by atoms with Gasteiger partial charge < -0.3 is 9.74 Å². The Bertz CT molecular complexity index is 1170. The molecular weight excluding hydrogens is 489 g/mol. The molecule has 4 rings (SSSR count). The number of piperazine rings is 1. The molecule has 0 spiro atoms. The molecule has 1 saturated carbocycles. The van der Waals surface area contributed by atoms with Gasteiger partial charge in [0.15, 0.2) is 5.13 Å². The highest BCUT2D eigenvalue weighted by molar-refractivity contribution is 7.22. The van der Waals surface area contributed by atoms with E-state index in [4.69, 9.17) is 4.84 Å². The van der Waals surface area contributed by atoms with Crippen LogP contribution in [0.2, 0.25) is 0 Å². The molecule has 2 fully saturated rings. The molecule has 0 unspecified atom stereocenters. The minimum Gasteiger partial charge on any atom is -0.399 e. The number of rotatable bonds is 6. The van der Waals surface area contributed by atoms with Crippen LogP contribution in [0.15, 0.2) is 22.1 Å². The third kappa shape index (κ3) is 5.87. The number of halogens is 3. The van der Waals surface area contributed by atoms with E-state index in [1.54, 1.807) is 7.11 Å². The largest absolute Gasteiger partial charge is 0.416 e. The van der Waals surface area contributed by atoms with Crippen LogP contribution in [0.3, 0.4) is 0 Å². The molecule has 1 aliphatic carbocycles. The highest BCUT2D eigenvalue weighted by Gasteiger charge is 2.34. The zero-order valence-corrected chi connectivity index (χ0v) is 19.8. The van der Waals surface area contributed by atoms with Gasteiger partial charge in [0.25, 0.3) is 11.2 Å². The van der Waals surface area contributed by atoms with Crippen LogP contribution in [0.5, 0.6) is 0 Å². The maximum Gasteiger partial charge on any atom is 0.416 e. The number of non-ortho nitro benzene ring substituents is 1. The molecule has 1 N–H and O–H groups in total. The normalized spacial score (nSPS) is 19.7. The van der Waals surface area contributed by atoms with E-state index < -0.39 is 33.3 Å². The fourth-order valence-electron chi connectivity index (χ4n) is 4.32. The maximum absolute atomic E-state index is 13.2. The molecule has 0 atom stereocenters. The van der Waals surface area contributed by atoms with E-state index in [0.29, 0.717) is 44.2 Å². The zero-order chi connectivity index (χ0) is 25.2. The molecule has 1 aromatic heterocycles. The smallest absolute Gasteiger partial charge is 0.399 e. The van der Waals surface area contributed by atoms with Crippen molar-refractivity contribution in [3.63, 3.8) is 0 Å². The monoisotopic (exact) mass is 514 g/mol. The molecule has 2 aromatic rings. The molecule has 0 radical (unpaired) electrons. The molecule has 0 bridgehead atoms. The van der Waals surface area contributed by atoms with Crippen LogP contribution in [0.25, 0.3) is 10.1 Å². The summed E-state index contributed by atoms with van der Waals surface area (Å²) in [5.74, 6) is 0.540. The first-order chi connectivity index (χ1) is 16.7. The molecule has 10 nitrogen and oxygen atoms in total. The lowest BCUT2D eigenvalue weighted by atomic mass is 9.88. The van der Waals surface area contributed by atoms with Gasteiger partial charge in [0.05, 0.1) is 21.6 Å². The Balaban J connectivity index is 1.42. The van der Waals surface area contributed by atoms with Crippen LogP contribution in [-0.2, 0) is 11.0 Å². The van der Waals surface area contributed by atoms with E-state index in [-0.39, 0.29) is 9.83 Å². The van der Waals surface area contributed by atoms with Crippen molar-refractivity contribution in [2.75, 3.05) is 44.7 Å². The van der Waals surface area contributed by atoms with Crippen molar-refractivity contribution in [2.24, 2.45) is 11.1 Å². The summed E-state index contributed by atoms with van der Waals surface area (Å²) in [5.41, 5.74) is 1.66. The standard InChI is InChI=1S/C21H25F3N6O4S/c1-34-27-15-4-2-13(3-5-15)12-25-29-8-6-28(7-9-29)20-26-19(31)16-10-14(21(22,23)24)11-17(30(32)33)18(16)35-20/h10-11,13,25H,2-9,12H2,1H3. The molecule has 0 amide bonds. The minimum atomic E-state index is -4.81. The zero-order valence-electron chi connectivity index (χ0n) is 19.0. The highest BCUT2D eigenvalue weighted by atomic mass is 32.1. The number of hydrazine groups is 1. The molecule has 1 aromatic carbocycles. The van der Waals surface area contributed by atoms with Crippen LogP contribution in [0.1, 0.15) is 31.2 Å². The Hall–Kier alpha value is -2.84. The van der Waals surface area contributed by atoms with Gasteiger partial charge in [-0.1, -0.05) is 16.5 Å². The summed E-state index contributed by atoms with van der Waals surface area (Å²) in [6.07, 6.45) is -0.873. The second-order valence-corrected chi connectivity index (χ2v) is 9.53. The van der Waals surface area contributed by atoms with E-state index >= 15 is 0 Å². The summed E-state index contributed by atoms with van der Waals surface area (Å²) < 4.78 is 39.4. The number of fused-ring (bicyclic) bond motifs is 1. The van der Waals surface area contributed by atoms with Gasteiger partial charge in [0.2, 0.25) is 0 Å². The number of hydrogen-bond acceptors (Lipinski definition) is 10. The number of nitro benzene ring substituents is 1. The van der Waals surface area contributed by atoms with E-state index in [1.165, 1.54) is 0 Å². The Morgan fingerprint density at radius 1 is 1.26 bits per heavy atom. The van der Waals surface area contributed by atoms with Crippen LogP contribution in [0.4, 0.5) is 24.0 Å². The van der Waals surface area contributed by atoms with E-state index in [9.17, 15) is 28.1 Å². The van der Waals surface area contributed by atoms with Crippen molar-refractivity contribution in [2.45, 2.75) is 31.9 Å². The predicted molar refractivity (Wildman–Crippen MR) is 126 cm³/mol. The second kappa shape index (κ2) is 10.4. The third-order valence-electron chi connectivity index (χ3n) is 6.27. The molecule has 2 aliphatic rings. The van der Waals surface area contributed by atoms with Gasteiger partial charge in [0.1, 0.15) is 11.8 Å². The van der Waals surface area contributed by atoms with Crippen molar-refractivity contribution in [3.05, 3.63) is 38.2 Å². The summed E-state index contributed by atoms with van der Waals surface area (Å²) in [5, 5.41) is 17.5. The van der Waals surface area contributed by atoms with Crippen LogP contribution in [-0.4, -0.2) is 60.5 Å². The summed E-state index contributed by atoms with van der Waals surface area (Å²) in [6.45, 7) is 3.16. The Labute approximate surface area is 202 Å². The van der Waals surface area contributed by atoms with E-state index in [1.807, 2.05) is 4.90 Å². The van der Waals surface area contributed by atoms with Crippen molar-refractivity contribution in [1.82, 2.24) is 15.4 Å². The SMILES string of the molecule is CON=C1CCC(CNN2CCN(c3nc(=O)c4cc(C(F)(F)F)cc([N+](=O)[O-])c4s3)CC2)CC1. The first kappa shape index (κ1) is 25.3. The lowest BCUT2D eigenvalue weighted by Gasteiger charge is -2.36. The fraction of sp³-hybridized carbons (Fsp3) is 0.571. The maximum atomic E-state index is 13.2. The van der Waals surface area contributed by atoms with E-state index in [2.05, 4.69) is 20.6 Å². The Morgan fingerprint density at radius 2 is 1.94 bits per heavy atom. The number of benzene rings is 1. The molecule has 14 heteroatoms. The molecular formula is C21H25F3N6O4S. The topological polar surface area (TPSA) is 113 Å². The number of nitro groups is 1. The lowest BCUT2D eigenvalue weighted by Crippen LogP contribution is -2.53. The summed E-state index contributed by atoms with van der Waals surface area (Å²) >= 11 is 0.869. The van der Waals surface area contributed by atoms with Crippen LogP contribution in [0, 0.1) is 16.0 Å². The Morgan fingerprint density at radius 3 is 2.54 bits per heavy atom. The highest BCUT2D eigenvalue weighted by Crippen LogP contribution is 2.38. The first-order valence-electron chi connectivity index (χ1n) is 11.2. The van der Waals surface area contributed by atoms with Gasteiger partial charge >= 0.3 is 6.18 Å². The van der Waals surface area contributed by atoms with Gasteiger partial charge in [-0.3, -0.25) is 20.3 Å². The number of alkyl halides is 3. The Kier molecular flexibility index (Phi) is 7.52. The summed E-state index contributed by atoms with van der Waals surface area (Å²) in [4.78, 5) is 33.7. The van der Waals surface area contributed by atoms with Crippen molar-refractivity contribution >= 4 is 38.0 Å². The van der Waals surface area contributed by atoms with Crippen molar-refractivity contribution in [1.29, 1.82) is 0 Å².